The Morgan fingerprint density at radius 3 is 2.78 bits per heavy atom. The lowest BCUT2D eigenvalue weighted by atomic mass is 9.92. The lowest BCUT2D eigenvalue weighted by Gasteiger charge is -2.31. The van der Waals surface area contributed by atoms with Gasteiger partial charge >= 0.3 is 0 Å². The number of nitrogens with zero attached hydrogens (tertiary/aromatic N) is 3. The van der Waals surface area contributed by atoms with Crippen LogP contribution in [0.25, 0.3) is 0 Å². The van der Waals surface area contributed by atoms with Crippen molar-refractivity contribution in [2.75, 3.05) is 18.8 Å². The molecule has 1 aliphatic rings. The van der Waals surface area contributed by atoms with Gasteiger partial charge < -0.3 is 10.6 Å². The summed E-state index contributed by atoms with van der Waals surface area (Å²) in [5.74, 6) is 0.951. The van der Waals surface area contributed by atoms with Gasteiger partial charge in [-0.05, 0) is 18.8 Å². The highest BCUT2D eigenvalue weighted by Crippen LogP contribution is 2.21. The molecule has 5 nitrogen and oxygen atoms in total. The maximum atomic E-state index is 12.1. The third-order valence-corrected chi connectivity index (χ3v) is 3.61. The average molecular weight is 250 g/mol. The SMILES string of the molecule is CCCC1CCN(C(=O)Cn2cc(N)cn2)CC1. The molecule has 0 aromatic carbocycles. The van der Waals surface area contributed by atoms with Crippen LogP contribution in [0.5, 0.6) is 0 Å². The summed E-state index contributed by atoms with van der Waals surface area (Å²) in [6.45, 7) is 4.30. The number of carbonyl (C=O) groups is 1. The van der Waals surface area contributed by atoms with Crippen LogP contribution in [0.15, 0.2) is 12.4 Å². The molecule has 2 rings (SSSR count). The third kappa shape index (κ3) is 3.24. The predicted octanol–water partition coefficient (Wildman–Crippen LogP) is 1.50. The van der Waals surface area contributed by atoms with Crippen molar-refractivity contribution in [1.82, 2.24) is 14.7 Å². The molecule has 100 valence electrons. The van der Waals surface area contributed by atoms with Crippen molar-refractivity contribution in [3.8, 4) is 0 Å². The number of hydrogen-bond acceptors (Lipinski definition) is 3. The van der Waals surface area contributed by atoms with Crippen LogP contribution in [0.2, 0.25) is 0 Å². The number of aromatic nitrogens is 2. The van der Waals surface area contributed by atoms with E-state index in [1.54, 1.807) is 17.1 Å². The molecule has 1 aromatic rings. The second-order valence-corrected chi connectivity index (χ2v) is 5.08. The van der Waals surface area contributed by atoms with E-state index in [1.165, 1.54) is 12.8 Å². The molecule has 2 N–H and O–H groups in total. The number of nitrogens with two attached hydrogens (primary N) is 1. The van der Waals surface area contributed by atoms with E-state index in [1.807, 2.05) is 4.90 Å². The van der Waals surface area contributed by atoms with Gasteiger partial charge in [-0.3, -0.25) is 9.48 Å². The summed E-state index contributed by atoms with van der Waals surface area (Å²) in [5, 5.41) is 4.04. The maximum Gasteiger partial charge on any atom is 0.244 e. The zero-order valence-electron chi connectivity index (χ0n) is 11.0. The molecule has 1 aliphatic heterocycles. The van der Waals surface area contributed by atoms with Crippen molar-refractivity contribution in [2.24, 2.45) is 5.92 Å². The van der Waals surface area contributed by atoms with Gasteiger partial charge in [0.15, 0.2) is 0 Å². The lowest BCUT2D eigenvalue weighted by Crippen LogP contribution is -2.40. The summed E-state index contributed by atoms with van der Waals surface area (Å²) in [5.41, 5.74) is 6.18. The van der Waals surface area contributed by atoms with Crippen LogP contribution in [-0.4, -0.2) is 33.7 Å². The first-order chi connectivity index (χ1) is 8.69. The average Bonchev–Trinajstić information content (AvgIpc) is 2.76. The van der Waals surface area contributed by atoms with E-state index in [0.29, 0.717) is 12.2 Å². The Morgan fingerprint density at radius 2 is 2.22 bits per heavy atom. The number of anilines is 1. The molecule has 18 heavy (non-hydrogen) atoms. The molecule has 0 spiro atoms. The second-order valence-electron chi connectivity index (χ2n) is 5.08. The molecule has 0 atom stereocenters. The molecular formula is C13H22N4O. The van der Waals surface area contributed by atoms with Gasteiger partial charge in [0.05, 0.1) is 11.9 Å². The van der Waals surface area contributed by atoms with E-state index in [2.05, 4.69) is 12.0 Å². The normalized spacial score (nSPS) is 17.1. The molecule has 0 bridgehead atoms. The van der Waals surface area contributed by atoms with Gasteiger partial charge in [-0.2, -0.15) is 5.10 Å². The number of carbonyl (C=O) groups excluding carboxylic acids is 1. The van der Waals surface area contributed by atoms with Crippen LogP contribution >= 0.6 is 0 Å². The van der Waals surface area contributed by atoms with E-state index in [-0.39, 0.29) is 5.91 Å². The molecule has 1 amide bonds. The molecule has 0 aliphatic carbocycles. The number of rotatable bonds is 4. The summed E-state index contributed by atoms with van der Waals surface area (Å²) in [4.78, 5) is 14.0. The fourth-order valence-electron chi connectivity index (χ4n) is 2.58. The van der Waals surface area contributed by atoms with Gasteiger partial charge in [0.25, 0.3) is 0 Å². The molecule has 0 radical (unpaired) electrons. The molecular weight excluding hydrogens is 228 g/mol. The minimum atomic E-state index is 0.146. The van der Waals surface area contributed by atoms with Gasteiger partial charge in [0, 0.05) is 19.3 Å². The van der Waals surface area contributed by atoms with Crippen molar-refractivity contribution in [3.63, 3.8) is 0 Å². The highest BCUT2D eigenvalue weighted by atomic mass is 16.2. The predicted molar refractivity (Wildman–Crippen MR) is 70.9 cm³/mol. The van der Waals surface area contributed by atoms with Crippen molar-refractivity contribution in [2.45, 2.75) is 39.2 Å². The Labute approximate surface area is 108 Å². The zero-order chi connectivity index (χ0) is 13.0. The highest BCUT2D eigenvalue weighted by molar-refractivity contribution is 5.76. The summed E-state index contributed by atoms with van der Waals surface area (Å²) >= 11 is 0. The molecule has 1 saturated heterocycles. The molecule has 1 fully saturated rings. The van der Waals surface area contributed by atoms with Crippen molar-refractivity contribution >= 4 is 11.6 Å². The Bertz CT molecular complexity index is 393. The van der Waals surface area contributed by atoms with Crippen LogP contribution < -0.4 is 5.73 Å². The first-order valence-corrected chi connectivity index (χ1v) is 6.74. The largest absolute Gasteiger partial charge is 0.396 e. The summed E-state index contributed by atoms with van der Waals surface area (Å²) < 4.78 is 1.61. The van der Waals surface area contributed by atoms with Crippen molar-refractivity contribution in [3.05, 3.63) is 12.4 Å². The van der Waals surface area contributed by atoms with Crippen LogP contribution in [0.3, 0.4) is 0 Å². The minimum Gasteiger partial charge on any atom is -0.396 e. The summed E-state index contributed by atoms with van der Waals surface area (Å²) in [7, 11) is 0. The lowest BCUT2D eigenvalue weighted by molar-refractivity contribution is -0.133. The van der Waals surface area contributed by atoms with Crippen molar-refractivity contribution < 1.29 is 4.79 Å². The van der Waals surface area contributed by atoms with E-state index >= 15 is 0 Å². The molecule has 0 saturated carbocycles. The first-order valence-electron chi connectivity index (χ1n) is 6.74. The minimum absolute atomic E-state index is 0.146. The quantitative estimate of drug-likeness (QED) is 0.880. The number of hydrogen-bond donors (Lipinski definition) is 1. The Balaban J connectivity index is 1.80. The standard InChI is InChI=1S/C13H22N4O/c1-2-3-11-4-6-16(7-5-11)13(18)10-17-9-12(14)8-15-17/h8-9,11H,2-7,10,14H2,1H3. The molecule has 1 aromatic heterocycles. The van der Waals surface area contributed by atoms with E-state index in [9.17, 15) is 4.79 Å². The third-order valence-electron chi connectivity index (χ3n) is 3.61. The van der Waals surface area contributed by atoms with Gasteiger partial charge in [0.1, 0.15) is 6.54 Å². The van der Waals surface area contributed by atoms with E-state index in [4.69, 9.17) is 5.73 Å². The fourth-order valence-corrected chi connectivity index (χ4v) is 2.58. The maximum absolute atomic E-state index is 12.1. The summed E-state index contributed by atoms with van der Waals surface area (Å²) in [6.07, 6.45) is 8.08. The van der Waals surface area contributed by atoms with Gasteiger partial charge in [-0.25, -0.2) is 0 Å². The highest BCUT2D eigenvalue weighted by Gasteiger charge is 2.22. The van der Waals surface area contributed by atoms with Gasteiger partial charge in [0.2, 0.25) is 5.91 Å². The Kier molecular flexibility index (Phi) is 4.23. The fraction of sp³-hybridized carbons (Fsp3) is 0.692. The Hall–Kier alpha value is -1.52. The zero-order valence-corrected chi connectivity index (χ0v) is 11.0. The number of nitrogen functional groups attached to an aromatic ring is 1. The Morgan fingerprint density at radius 1 is 1.50 bits per heavy atom. The topological polar surface area (TPSA) is 64.2 Å². The van der Waals surface area contributed by atoms with Crippen LogP contribution in [0.4, 0.5) is 5.69 Å². The second kappa shape index (κ2) is 5.89. The van der Waals surface area contributed by atoms with Gasteiger partial charge in [-0.1, -0.05) is 19.8 Å². The van der Waals surface area contributed by atoms with Gasteiger partial charge in [-0.15, -0.1) is 0 Å². The van der Waals surface area contributed by atoms with Crippen LogP contribution in [-0.2, 0) is 11.3 Å². The summed E-state index contributed by atoms with van der Waals surface area (Å²) in [6, 6.07) is 0. The van der Waals surface area contributed by atoms with E-state index in [0.717, 1.165) is 31.8 Å². The molecule has 5 heteroatoms. The number of likely N-dealkylation sites (tertiary alicyclic amines) is 1. The van der Waals surface area contributed by atoms with E-state index < -0.39 is 0 Å². The first kappa shape index (κ1) is 12.9. The monoisotopic (exact) mass is 250 g/mol. The number of piperidine rings is 1. The smallest absolute Gasteiger partial charge is 0.244 e. The number of amides is 1. The van der Waals surface area contributed by atoms with Crippen LogP contribution in [0.1, 0.15) is 32.6 Å². The van der Waals surface area contributed by atoms with Crippen LogP contribution in [0, 0.1) is 5.92 Å². The van der Waals surface area contributed by atoms with Crippen molar-refractivity contribution in [1.29, 1.82) is 0 Å². The molecule has 2 heterocycles. The molecule has 0 unspecified atom stereocenters.